The Morgan fingerprint density at radius 2 is 1.68 bits per heavy atom. The van der Waals surface area contributed by atoms with E-state index in [-0.39, 0.29) is 5.75 Å². The van der Waals surface area contributed by atoms with Crippen LogP contribution in [0.25, 0.3) is 10.8 Å². The molecule has 0 fully saturated rings. The van der Waals surface area contributed by atoms with Crippen molar-refractivity contribution in [3.63, 3.8) is 0 Å². The van der Waals surface area contributed by atoms with Crippen molar-refractivity contribution in [3.8, 4) is 11.5 Å². The third-order valence-electron chi connectivity index (χ3n) is 3.21. The fourth-order valence-electron chi connectivity index (χ4n) is 2.16. The van der Waals surface area contributed by atoms with E-state index in [1.54, 1.807) is 48.5 Å². The van der Waals surface area contributed by atoms with Gasteiger partial charge in [0.05, 0.1) is 5.56 Å². The standard InChI is InChI=1S/C17H10Br2O3/c18-10-7-8-14(19)13(9-10)17(21)22-16-6-2-3-11-12(16)4-1-5-15(11)20/h1-9,20H. The summed E-state index contributed by atoms with van der Waals surface area (Å²) in [5.74, 6) is 0.0910. The Hall–Kier alpha value is -1.85. The third kappa shape index (κ3) is 2.87. The van der Waals surface area contributed by atoms with E-state index in [0.29, 0.717) is 26.6 Å². The lowest BCUT2D eigenvalue weighted by molar-refractivity contribution is 0.0736. The quantitative estimate of drug-likeness (QED) is 0.451. The molecule has 110 valence electrons. The number of rotatable bonds is 2. The van der Waals surface area contributed by atoms with Crippen LogP contribution in [0.5, 0.6) is 11.5 Å². The molecule has 0 aliphatic rings. The van der Waals surface area contributed by atoms with Crippen molar-refractivity contribution < 1.29 is 14.6 Å². The molecule has 0 amide bonds. The van der Waals surface area contributed by atoms with Crippen LogP contribution in [0.2, 0.25) is 0 Å². The van der Waals surface area contributed by atoms with Gasteiger partial charge >= 0.3 is 5.97 Å². The molecule has 0 bridgehead atoms. The summed E-state index contributed by atoms with van der Waals surface area (Å²) in [6.07, 6.45) is 0. The molecule has 0 saturated carbocycles. The number of halogens is 2. The maximum atomic E-state index is 12.4. The SMILES string of the molecule is O=C(Oc1cccc2c(O)cccc12)c1cc(Br)ccc1Br. The summed E-state index contributed by atoms with van der Waals surface area (Å²) in [7, 11) is 0. The highest BCUT2D eigenvalue weighted by molar-refractivity contribution is 9.11. The van der Waals surface area contributed by atoms with Crippen LogP contribution >= 0.6 is 31.9 Å². The zero-order chi connectivity index (χ0) is 15.7. The predicted molar refractivity (Wildman–Crippen MR) is 92.4 cm³/mol. The molecule has 3 nitrogen and oxygen atoms in total. The van der Waals surface area contributed by atoms with Crippen molar-refractivity contribution >= 4 is 48.6 Å². The van der Waals surface area contributed by atoms with Gasteiger partial charge in [-0.15, -0.1) is 0 Å². The molecule has 3 rings (SSSR count). The molecule has 0 saturated heterocycles. The fourth-order valence-corrected chi connectivity index (χ4v) is 2.93. The van der Waals surface area contributed by atoms with E-state index < -0.39 is 5.97 Å². The van der Waals surface area contributed by atoms with Crippen LogP contribution in [0.4, 0.5) is 0 Å². The highest BCUT2D eigenvalue weighted by Crippen LogP contribution is 2.32. The van der Waals surface area contributed by atoms with E-state index in [4.69, 9.17) is 4.74 Å². The van der Waals surface area contributed by atoms with Crippen LogP contribution in [-0.2, 0) is 0 Å². The minimum atomic E-state index is -0.469. The zero-order valence-electron chi connectivity index (χ0n) is 11.2. The monoisotopic (exact) mass is 420 g/mol. The van der Waals surface area contributed by atoms with E-state index >= 15 is 0 Å². The molecule has 0 radical (unpaired) electrons. The number of carbonyl (C=O) groups is 1. The van der Waals surface area contributed by atoms with Gasteiger partial charge in [-0.1, -0.05) is 40.2 Å². The van der Waals surface area contributed by atoms with Crippen molar-refractivity contribution in [2.24, 2.45) is 0 Å². The van der Waals surface area contributed by atoms with Crippen molar-refractivity contribution in [1.29, 1.82) is 0 Å². The smallest absolute Gasteiger partial charge is 0.344 e. The molecule has 0 unspecified atom stereocenters. The fraction of sp³-hybridized carbons (Fsp3) is 0. The number of phenolic OH excluding ortho intramolecular Hbond substituents is 1. The second-order valence-corrected chi connectivity index (χ2v) is 6.41. The van der Waals surface area contributed by atoms with Crippen molar-refractivity contribution in [2.45, 2.75) is 0 Å². The van der Waals surface area contributed by atoms with E-state index in [0.717, 1.165) is 4.47 Å². The number of aromatic hydroxyl groups is 1. The van der Waals surface area contributed by atoms with Gasteiger partial charge in [-0.2, -0.15) is 0 Å². The van der Waals surface area contributed by atoms with Crippen LogP contribution in [-0.4, -0.2) is 11.1 Å². The lowest BCUT2D eigenvalue weighted by Crippen LogP contribution is -2.09. The summed E-state index contributed by atoms with van der Waals surface area (Å²) in [4.78, 5) is 12.4. The minimum absolute atomic E-state index is 0.152. The molecule has 0 heterocycles. The average Bonchev–Trinajstić information content (AvgIpc) is 2.50. The number of ether oxygens (including phenoxy) is 1. The first-order valence-corrected chi connectivity index (χ1v) is 8.03. The number of phenols is 1. The van der Waals surface area contributed by atoms with Crippen molar-refractivity contribution in [3.05, 3.63) is 69.1 Å². The second kappa shape index (κ2) is 6.10. The second-order valence-electron chi connectivity index (χ2n) is 4.64. The molecule has 22 heavy (non-hydrogen) atoms. The normalized spacial score (nSPS) is 10.6. The van der Waals surface area contributed by atoms with Gasteiger partial charge in [-0.3, -0.25) is 0 Å². The van der Waals surface area contributed by atoms with Gasteiger partial charge in [0.2, 0.25) is 0 Å². The van der Waals surface area contributed by atoms with E-state index in [1.165, 1.54) is 0 Å². The Balaban J connectivity index is 2.01. The van der Waals surface area contributed by atoms with Gasteiger partial charge in [-0.25, -0.2) is 4.79 Å². The zero-order valence-corrected chi connectivity index (χ0v) is 14.4. The molecule has 0 atom stereocenters. The first-order valence-electron chi connectivity index (χ1n) is 6.44. The summed E-state index contributed by atoms with van der Waals surface area (Å²) in [6, 6.07) is 15.6. The molecule has 0 aliphatic carbocycles. The maximum Gasteiger partial charge on any atom is 0.344 e. The number of fused-ring (bicyclic) bond motifs is 1. The molecule has 1 N–H and O–H groups in total. The van der Waals surface area contributed by atoms with Crippen LogP contribution in [0.15, 0.2) is 63.5 Å². The Morgan fingerprint density at radius 3 is 2.50 bits per heavy atom. The van der Waals surface area contributed by atoms with Crippen molar-refractivity contribution in [2.75, 3.05) is 0 Å². The van der Waals surface area contributed by atoms with Crippen LogP contribution < -0.4 is 4.74 Å². The first-order chi connectivity index (χ1) is 10.6. The van der Waals surface area contributed by atoms with Gasteiger partial charge in [0.1, 0.15) is 11.5 Å². The lowest BCUT2D eigenvalue weighted by atomic mass is 10.1. The summed E-state index contributed by atoms with van der Waals surface area (Å²) in [5, 5.41) is 11.2. The first kappa shape index (κ1) is 15.1. The molecule has 3 aromatic rings. The van der Waals surface area contributed by atoms with E-state index in [2.05, 4.69) is 31.9 Å². The average molecular weight is 422 g/mol. The van der Waals surface area contributed by atoms with Gasteiger partial charge in [0.25, 0.3) is 0 Å². The lowest BCUT2D eigenvalue weighted by Gasteiger charge is -2.09. The van der Waals surface area contributed by atoms with Gasteiger partial charge in [0.15, 0.2) is 0 Å². The Labute approximate surface area is 143 Å². The van der Waals surface area contributed by atoms with Crippen LogP contribution in [0.1, 0.15) is 10.4 Å². The molecule has 0 aliphatic heterocycles. The van der Waals surface area contributed by atoms with E-state index in [9.17, 15) is 9.90 Å². The Bertz CT molecular complexity index is 875. The Kier molecular flexibility index (Phi) is 4.18. The third-order valence-corrected chi connectivity index (χ3v) is 4.39. The van der Waals surface area contributed by atoms with Gasteiger partial charge in [0, 0.05) is 19.7 Å². The molecule has 0 spiro atoms. The van der Waals surface area contributed by atoms with Gasteiger partial charge in [-0.05, 0) is 46.3 Å². The molecular weight excluding hydrogens is 412 g/mol. The van der Waals surface area contributed by atoms with Crippen LogP contribution in [0.3, 0.4) is 0 Å². The molecule has 5 heteroatoms. The Morgan fingerprint density at radius 1 is 0.955 bits per heavy atom. The topological polar surface area (TPSA) is 46.5 Å². The minimum Gasteiger partial charge on any atom is -0.507 e. The number of hydrogen-bond donors (Lipinski definition) is 1. The summed E-state index contributed by atoms with van der Waals surface area (Å²) >= 11 is 6.68. The molecular formula is C17H10Br2O3. The number of hydrogen-bond acceptors (Lipinski definition) is 3. The summed E-state index contributed by atoms with van der Waals surface area (Å²) in [6.45, 7) is 0. The number of esters is 1. The summed E-state index contributed by atoms with van der Waals surface area (Å²) in [5.41, 5.74) is 0.423. The highest BCUT2D eigenvalue weighted by Gasteiger charge is 2.15. The maximum absolute atomic E-state index is 12.4. The largest absolute Gasteiger partial charge is 0.507 e. The number of carbonyl (C=O) groups excluding carboxylic acids is 1. The van der Waals surface area contributed by atoms with Crippen LogP contribution in [0, 0.1) is 0 Å². The van der Waals surface area contributed by atoms with Crippen molar-refractivity contribution in [1.82, 2.24) is 0 Å². The highest BCUT2D eigenvalue weighted by atomic mass is 79.9. The van der Waals surface area contributed by atoms with E-state index in [1.807, 2.05) is 6.07 Å². The number of benzene rings is 3. The summed E-state index contributed by atoms with van der Waals surface area (Å²) < 4.78 is 6.95. The van der Waals surface area contributed by atoms with Gasteiger partial charge < -0.3 is 9.84 Å². The predicted octanol–water partition coefficient (Wildman–Crippen LogP) is 5.29. The molecule has 0 aromatic heterocycles. The molecule has 3 aromatic carbocycles.